The van der Waals surface area contributed by atoms with Gasteiger partial charge in [-0.05, 0) is 49.6 Å². The number of hydrogen-bond acceptors (Lipinski definition) is 8. The van der Waals surface area contributed by atoms with E-state index in [2.05, 4.69) is 16.5 Å². The number of pyridine rings is 2. The number of hydrogen-bond donors (Lipinski definition) is 2. The van der Waals surface area contributed by atoms with Crippen LogP contribution in [-0.2, 0) is 9.59 Å². The van der Waals surface area contributed by atoms with Crippen molar-refractivity contribution in [2.45, 2.75) is 51.9 Å². The number of amides is 2. The van der Waals surface area contributed by atoms with Crippen molar-refractivity contribution in [3.8, 4) is 11.3 Å². The quantitative estimate of drug-likeness (QED) is 0.212. The molecule has 3 aromatic rings. The zero-order valence-electron chi connectivity index (χ0n) is 26.4. The molecule has 0 radical (unpaired) electrons. The molecule has 3 atom stereocenters. The van der Waals surface area contributed by atoms with Gasteiger partial charge < -0.3 is 25.5 Å². The van der Waals surface area contributed by atoms with E-state index in [1.807, 2.05) is 27.7 Å². The lowest BCUT2D eigenvalue weighted by Crippen LogP contribution is -2.66. The molecule has 14 heteroatoms. The Morgan fingerprint density at radius 3 is 2.57 bits per heavy atom. The molecule has 2 amide bonds. The van der Waals surface area contributed by atoms with Crippen LogP contribution in [0.1, 0.15) is 43.5 Å². The van der Waals surface area contributed by atoms with Crippen LogP contribution in [0.15, 0.2) is 42.7 Å². The van der Waals surface area contributed by atoms with E-state index >= 15 is 8.78 Å². The highest BCUT2D eigenvalue weighted by Gasteiger charge is 2.51. The molecule has 1 fully saturated rings. The van der Waals surface area contributed by atoms with Gasteiger partial charge in [0.2, 0.25) is 5.91 Å². The van der Waals surface area contributed by atoms with Crippen LogP contribution in [0, 0.1) is 18.6 Å². The fourth-order valence-corrected chi connectivity index (χ4v) is 7.18. The van der Waals surface area contributed by atoms with E-state index in [0.29, 0.717) is 17.1 Å². The second-order valence-corrected chi connectivity index (χ2v) is 13.1. The summed E-state index contributed by atoms with van der Waals surface area (Å²) in [5, 5.41) is 11.9. The Labute approximate surface area is 280 Å². The minimum absolute atomic E-state index is 0.0388. The molecule has 1 aromatic carbocycles. The number of benzene rings is 1. The zero-order chi connectivity index (χ0) is 34.2. The summed E-state index contributed by atoms with van der Waals surface area (Å²) in [6.45, 7) is 11.4. The SMILES string of the molecule is C=CC(=O)N1CC2C(=O)N(C)C3=C(c4cc(F)c(-c5c(N)c(Cl)cc(Cl)c5F)nc4N(c4c(C)ccnc4C(C)C)C3O)N2CC1C. The maximum absolute atomic E-state index is 16.4. The fraction of sp³-hybridized carbons (Fsp3) is 0.333. The number of carbonyl (C=O) groups excluding carboxylic acids is 2. The molecule has 1 saturated heterocycles. The molecule has 3 aliphatic rings. The Kier molecular flexibility index (Phi) is 8.18. The van der Waals surface area contributed by atoms with Crippen LogP contribution in [-0.4, -0.2) is 80.0 Å². The summed E-state index contributed by atoms with van der Waals surface area (Å²) in [4.78, 5) is 42.1. The van der Waals surface area contributed by atoms with E-state index in [1.165, 1.54) is 29.0 Å². The molecule has 10 nitrogen and oxygen atoms in total. The molecule has 47 heavy (non-hydrogen) atoms. The number of piperazine rings is 1. The summed E-state index contributed by atoms with van der Waals surface area (Å²) in [7, 11) is 1.53. The zero-order valence-corrected chi connectivity index (χ0v) is 27.9. The van der Waals surface area contributed by atoms with Gasteiger partial charge in [-0.25, -0.2) is 13.8 Å². The second-order valence-electron chi connectivity index (χ2n) is 12.2. The minimum Gasteiger partial charge on any atom is -0.397 e. The van der Waals surface area contributed by atoms with Gasteiger partial charge in [0.15, 0.2) is 17.9 Å². The molecule has 3 unspecified atom stereocenters. The van der Waals surface area contributed by atoms with Crippen molar-refractivity contribution in [2.24, 2.45) is 0 Å². The molecule has 3 aliphatic heterocycles. The number of fused-ring (bicyclic) bond motifs is 4. The Hall–Kier alpha value is -4.26. The van der Waals surface area contributed by atoms with Gasteiger partial charge in [-0.15, -0.1) is 0 Å². The molecule has 0 saturated carbocycles. The van der Waals surface area contributed by atoms with Crippen molar-refractivity contribution < 1.29 is 23.5 Å². The van der Waals surface area contributed by atoms with Crippen LogP contribution < -0.4 is 10.6 Å². The van der Waals surface area contributed by atoms with Gasteiger partial charge in [0, 0.05) is 31.4 Å². The minimum atomic E-state index is -1.52. The summed E-state index contributed by atoms with van der Waals surface area (Å²) in [6, 6.07) is 2.86. The topological polar surface area (TPSA) is 119 Å². The highest BCUT2D eigenvalue weighted by molar-refractivity contribution is 6.37. The van der Waals surface area contributed by atoms with Crippen molar-refractivity contribution in [1.29, 1.82) is 0 Å². The summed E-state index contributed by atoms with van der Waals surface area (Å²) in [5.41, 5.74) is 7.61. The lowest BCUT2D eigenvalue weighted by molar-refractivity contribution is -0.142. The third-order valence-corrected chi connectivity index (χ3v) is 9.61. The number of nitrogens with zero attached hydrogens (tertiary/aromatic N) is 6. The average molecular weight is 685 g/mol. The summed E-state index contributed by atoms with van der Waals surface area (Å²) in [6.07, 6.45) is 1.32. The number of anilines is 3. The van der Waals surface area contributed by atoms with Crippen molar-refractivity contribution in [3.05, 3.63) is 81.2 Å². The number of likely N-dealkylation sites (N-methyl/N-ethyl adjacent to an activating group) is 1. The van der Waals surface area contributed by atoms with Gasteiger partial charge in [-0.1, -0.05) is 43.6 Å². The number of nitrogen functional groups attached to an aromatic ring is 1. The van der Waals surface area contributed by atoms with Gasteiger partial charge in [0.25, 0.3) is 5.91 Å². The van der Waals surface area contributed by atoms with Crippen LogP contribution in [0.25, 0.3) is 17.0 Å². The van der Waals surface area contributed by atoms with Gasteiger partial charge in [0.1, 0.15) is 17.6 Å². The molecule has 0 spiro atoms. The van der Waals surface area contributed by atoms with E-state index in [4.69, 9.17) is 28.9 Å². The van der Waals surface area contributed by atoms with E-state index in [1.54, 1.807) is 22.1 Å². The predicted octanol–water partition coefficient (Wildman–Crippen LogP) is 5.44. The Bertz CT molecular complexity index is 1880. The highest BCUT2D eigenvalue weighted by atomic mass is 35.5. The van der Waals surface area contributed by atoms with Crippen LogP contribution in [0.2, 0.25) is 10.0 Å². The summed E-state index contributed by atoms with van der Waals surface area (Å²) < 4.78 is 32.0. The lowest BCUT2D eigenvalue weighted by Gasteiger charge is -2.53. The third kappa shape index (κ3) is 4.92. The lowest BCUT2D eigenvalue weighted by atomic mass is 9.92. The third-order valence-electron chi connectivity index (χ3n) is 9.02. The van der Waals surface area contributed by atoms with Crippen LogP contribution in [0.3, 0.4) is 0 Å². The largest absolute Gasteiger partial charge is 0.397 e. The molecule has 6 rings (SSSR count). The maximum Gasteiger partial charge on any atom is 0.251 e. The molecular weight excluding hydrogens is 651 g/mol. The first-order chi connectivity index (χ1) is 22.2. The number of rotatable bonds is 4. The highest BCUT2D eigenvalue weighted by Crippen LogP contribution is 2.50. The first-order valence-electron chi connectivity index (χ1n) is 15.0. The molecule has 0 aliphatic carbocycles. The molecular formula is C33H33Cl2F2N7O3. The number of nitrogens with two attached hydrogens (primary N) is 1. The molecule has 0 bridgehead atoms. The number of halogens is 4. The van der Waals surface area contributed by atoms with Crippen LogP contribution >= 0.6 is 23.2 Å². The normalized spacial score (nSPS) is 20.8. The number of aliphatic hydroxyl groups is 1. The van der Waals surface area contributed by atoms with E-state index in [9.17, 15) is 14.7 Å². The number of aliphatic hydroxyl groups excluding tert-OH is 1. The smallest absolute Gasteiger partial charge is 0.251 e. The molecule has 2 aromatic heterocycles. The molecule has 3 N–H and O–H groups in total. The van der Waals surface area contributed by atoms with Crippen molar-refractivity contribution in [2.75, 3.05) is 30.8 Å². The van der Waals surface area contributed by atoms with Crippen molar-refractivity contribution in [3.63, 3.8) is 0 Å². The van der Waals surface area contributed by atoms with Crippen LogP contribution in [0.5, 0.6) is 0 Å². The number of carbonyl (C=O) groups is 2. The average Bonchev–Trinajstić information content (AvgIpc) is 3.02. The second kappa shape index (κ2) is 11.8. The van der Waals surface area contributed by atoms with Gasteiger partial charge in [-0.2, -0.15) is 0 Å². The molecule has 5 heterocycles. The van der Waals surface area contributed by atoms with E-state index in [-0.39, 0.29) is 69.7 Å². The van der Waals surface area contributed by atoms with Crippen molar-refractivity contribution in [1.82, 2.24) is 24.7 Å². The summed E-state index contributed by atoms with van der Waals surface area (Å²) in [5.74, 6) is -2.69. The van der Waals surface area contributed by atoms with Crippen LogP contribution in [0.4, 0.5) is 26.0 Å². The predicted molar refractivity (Wildman–Crippen MR) is 177 cm³/mol. The standard InChI is InChI=1S/C33H33Cl2F2N7O3/c1-7-22(45)42-13-21-32(46)41(6)30-29(43(21)12-16(42)5)17-10-20(36)27(23-24(37)18(34)11-19(35)25(23)38)40-31(17)44(33(30)47)28-15(4)8-9-39-26(28)14(2)3/h7-11,14,16,21,33,47H,1,12-13,38H2,2-6H3. The Balaban J connectivity index is 1.68. The maximum atomic E-state index is 16.4. The van der Waals surface area contributed by atoms with Gasteiger partial charge >= 0.3 is 0 Å². The fourth-order valence-electron chi connectivity index (χ4n) is 6.72. The van der Waals surface area contributed by atoms with Crippen molar-refractivity contribution >= 4 is 57.9 Å². The first-order valence-corrected chi connectivity index (χ1v) is 15.7. The number of aromatic nitrogens is 2. The summed E-state index contributed by atoms with van der Waals surface area (Å²) >= 11 is 12.4. The van der Waals surface area contributed by atoms with E-state index < -0.39 is 35.2 Å². The first kappa shape index (κ1) is 32.7. The monoisotopic (exact) mass is 683 g/mol. The Morgan fingerprint density at radius 2 is 1.91 bits per heavy atom. The Morgan fingerprint density at radius 1 is 1.21 bits per heavy atom. The van der Waals surface area contributed by atoms with Gasteiger partial charge in [0.05, 0.1) is 50.6 Å². The molecule has 246 valence electrons. The van der Waals surface area contributed by atoms with E-state index in [0.717, 1.165) is 11.6 Å². The van der Waals surface area contributed by atoms with Gasteiger partial charge in [-0.3, -0.25) is 19.5 Å². The number of aryl methyl sites for hydroxylation is 1.